The van der Waals surface area contributed by atoms with E-state index in [0.29, 0.717) is 34.0 Å². The molecule has 4 aromatic carbocycles. The third kappa shape index (κ3) is 7.08. The summed E-state index contributed by atoms with van der Waals surface area (Å²) in [6.07, 6.45) is 4.96. The van der Waals surface area contributed by atoms with Gasteiger partial charge in [-0.2, -0.15) is 0 Å². The van der Waals surface area contributed by atoms with Gasteiger partial charge in [0.2, 0.25) is 0 Å². The van der Waals surface area contributed by atoms with E-state index in [0.717, 1.165) is 5.82 Å². The molecule has 0 unspecified atom stereocenters. The van der Waals surface area contributed by atoms with Crippen molar-refractivity contribution < 1.29 is 18.3 Å². The van der Waals surface area contributed by atoms with Crippen LogP contribution in [0.1, 0.15) is 36.7 Å². The molecule has 0 spiro atoms. The summed E-state index contributed by atoms with van der Waals surface area (Å²) in [6, 6.07) is 27.1. The Bertz CT molecular complexity index is 1950. The fraction of sp³-hybridized carbons (Fsp3) is 0.194. The van der Waals surface area contributed by atoms with E-state index in [9.17, 15) is 0 Å². The lowest BCUT2D eigenvalue weighted by molar-refractivity contribution is 0.273. The van der Waals surface area contributed by atoms with Gasteiger partial charge in [-0.05, 0) is 23.3 Å². The third-order valence-corrected chi connectivity index (χ3v) is 9.32. The molecular weight excluding hydrogens is 633 g/mol. The van der Waals surface area contributed by atoms with Crippen molar-refractivity contribution in [3.63, 3.8) is 0 Å². The van der Waals surface area contributed by atoms with Crippen LogP contribution in [-0.4, -0.2) is 36.4 Å². The molecule has 0 atom stereocenters. The summed E-state index contributed by atoms with van der Waals surface area (Å²) < 4.78 is 35.2. The Morgan fingerprint density at radius 2 is 1.62 bits per heavy atom. The van der Waals surface area contributed by atoms with Crippen molar-refractivity contribution in [2.75, 3.05) is 12.4 Å². The van der Waals surface area contributed by atoms with E-state index in [1.165, 1.54) is 23.5 Å². The zero-order valence-corrected chi connectivity index (χ0v) is 28.1. The van der Waals surface area contributed by atoms with Gasteiger partial charge in [-0.15, -0.1) is 0 Å². The fourth-order valence-electron chi connectivity index (χ4n) is 5.51. The van der Waals surface area contributed by atoms with Crippen LogP contribution in [0, 0.1) is 5.82 Å². The number of nitrogens with one attached hydrogen (secondary N) is 1. The van der Waals surface area contributed by atoms with Gasteiger partial charge in [0.15, 0.2) is 11.5 Å². The van der Waals surface area contributed by atoms with E-state index >= 15 is 4.39 Å². The zero-order valence-electron chi connectivity index (χ0n) is 26.4. The predicted octanol–water partition coefficient (Wildman–Crippen LogP) is 8.52. The Morgan fingerprint density at radius 3 is 2.26 bits per heavy atom. The van der Waals surface area contributed by atoms with Crippen LogP contribution in [0.25, 0.3) is 10.9 Å². The number of rotatable bonds is 12. The summed E-state index contributed by atoms with van der Waals surface area (Å²) >= 11 is 6.53. The highest BCUT2D eigenvalue weighted by molar-refractivity contribution is 6.36. The first kappa shape index (κ1) is 32.0. The predicted molar refractivity (Wildman–Crippen MR) is 183 cm³/mol. The molecule has 2 aromatic heterocycles. The molecule has 0 saturated carbocycles. The van der Waals surface area contributed by atoms with Crippen molar-refractivity contribution in [2.45, 2.75) is 31.4 Å². The van der Waals surface area contributed by atoms with Crippen molar-refractivity contribution in [1.82, 2.24) is 19.5 Å². The van der Waals surface area contributed by atoms with Gasteiger partial charge in [0, 0.05) is 47.9 Å². The molecule has 8 nitrogen and oxygen atoms in total. The Balaban J connectivity index is 1.25. The van der Waals surface area contributed by atoms with Crippen molar-refractivity contribution in [3.05, 3.63) is 131 Å². The molecular formula is C36H33ClFN5O3Si. The van der Waals surface area contributed by atoms with Crippen molar-refractivity contribution >= 4 is 43.8 Å². The molecule has 0 aliphatic heterocycles. The number of methoxy groups -OCH3 is 1. The van der Waals surface area contributed by atoms with Crippen LogP contribution in [0.5, 0.6) is 17.2 Å². The van der Waals surface area contributed by atoms with Crippen LogP contribution >= 0.6 is 11.6 Å². The van der Waals surface area contributed by atoms with Crippen LogP contribution in [-0.2, 0) is 13.7 Å². The molecule has 238 valence electrons. The number of benzene rings is 4. The summed E-state index contributed by atoms with van der Waals surface area (Å²) in [5, 5.41) is 3.58. The minimum atomic E-state index is -0.551. The highest BCUT2D eigenvalue weighted by Crippen LogP contribution is 2.46. The van der Waals surface area contributed by atoms with Crippen LogP contribution in [0.2, 0.25) is 10.1 Å². The van der Waals surface area contributed by atoms with Gasteiger partial charge in [0.05, 0.1) is 23.3 Å². The zero-order chi connectivity index (χ0) is 33.0. The number of hydrogen-bond donors (Lipinski definition) is 1. The number of aromatic nitrogens is 4. The highest BCUT2D eigenvalue weighted by Gasteiger charge is 2.35. The number of nitrogens with zero attached hydrogens (tertiary/aromatic N) is 4. The van der Waals surface area contributed by atoms with Gasteiger partial charge in [-0.1, -0.05) is 86.1 Å². The summed E-state index contributed by atoms with van der Waals surface area (Å²) in [4.78, 5) is 13.1. The molecule has 0 aliphatic rings. The first-order valence-electron chi connectivity index (χ1n) is 14.9. The van der Waals surface area contributed by atoms with E-state index in [2.05, 4.69) is 58.4 Å². The lowest BCUT2D eigenvalue weighted by atomic mass is 9.82. The number of hydrogen-bond acceptors (Lipinski definition) is 7. The van der Waals surface area contributed by atoms with Crippen molar-refractivity contribution in [3.8, 4) is 17.2 Å². The van der Waals surface area contributed by atoms with Gasteiger partial charge < -0.3 is 23.8 Å². The number of fused-ring (bicyclic) bond motifs is 1. The molecule has 47 heavy (non-hydrogen) atoms. The second-order valence-corrected chi connectivity index (χ2v) is 13.7. The van der Waals surface area contributed by atoms with E-state index in [4.69, 9.17) is 25.5 Å². The topological polar surface area (TPSA) is 83.3 Å². The number of aryl methyl sites for hydroxylation is 1. The molecule has 0 aliphatic carbocycles. The van der Waals surface area contributed by atoms with Gasteiger partial charge in [-0.25, -0.2) is 19.3 Å². The molecule has 1 N–H and O–H groups in total. The third-order valence-electron chi connectivity index (χ3n) is 7.88. The lowest BCUT2D eigenvalue weighted by Crippen LogP contribution is -2.27. The lowest BCUT2D eigenvalue weighted by Gasteiger charge is -2.34. The Morgan fingerprint density at radius 1 is 0.915 bits per heavy atom. The van der Waals surface area contributed by atoms with Gasteiger partial charge in [0.25, 0.3) is 0 Å². The molecule has 0 amide bonds. The first-order chi connectivity index (χ1) is 22.7. The smallest absolute Gasteiger partial charge is 0.318 e. The van der Waals surface area contributed by atoms with E-state index in [1.54, 1.807) is 31.5 Å². The largest absolute Gasteiger partial charge is 0.539 e. The van der Waals surface area contributed by atoms with E-state index < -0.39 is 5.82 Å². The molecule has 11 heteroatoms. The average Bonchev–Trinajstić information content (AvgIpc) is 3.49. The molecule has 2 radical (unpaired) electrons. The van der Waals surface area contributed by atoms with Crippen molar-refractivity contribution in [2.24, 2.45) is 7.05 Å². The number of anilines is 2. The molecule has 6 aromatic rings. The highest BCUT2D eigenvalue weighted by atomic mass is 35.5. The maximum atomic E-state index is 15.3. The number of halogens is 2. The Hall–Kier alpha value is -4.93. The maximum Gasteiger partial charge on any atom is 0.318 e. The minimum absolute atomic E-state index is 0.0000328. The summed E-state index contributed by atoms with van der Waals surface area (Å²) in [6.45, 7) is 4.58. The van der Waals surface area contributed by atoms with Gasteiger partial charge >= 0.3 is 9.76 Å². The summed E-state index contributed by atoms with van der Waals surface area (Å²) in [5.41, 5.74) is 3.11. The standard InChI is InChI=1S/C36H33ClFN5O3Si/c1-36(2,34(23-11-7-5-8-12-23)24-13-9-6-10-14-24)47-46-30-20-29(27(38)18-26(30)37)42-35-25-17-31(44-4)32(19-28(25)40-22-41-35)45-21-33-39-15-16-43(33)3/h5-20,22,34H,21H2,1-4H3,(H,40,41,42). The van der Waals surface area contributed by atoms with Crippen LogP contribution in [0.4, 0.5) is 15.9 Å². The van der Waals surface area contributed by atoms with E-state index in [-0.39, 0.29) is 38.0 Å². The SMILES string of the molecule is COc1cc2c(Nc3cc(O[Si]C(C)(C)C(c4ccccc4)c4ccccc4)c(Cl)cc3F)ncnc2cc1OCc1nccn1C. The number of ether oxygens (including phenoxy) is 2. The van der Waals surface area contributed by atoms with Crippen LogP contribution in [0.15, 0.2) is 104 Å². The monoisotopic (exact) mass is 665 g/mol. The fourth-order valence-corrected chi connectivity index (χ4v) is 6.75. The second-order valence-electron chi connectivity index (χ2n) is 11.6. The van der Waals surface area contributed by atoms with Gasteiger partial charge in [0.1, 0.15) is 36.1 Å². The quantitative estimate of drug-likeness (QED) is 0.131. The molecule has 0 saturated heterocycles. The van der Waals surface area contributed by atoms with Crippen molar-refractivity contribution in [1.29, 1.82) is 0 Å². The minimum Gasteiger partial charge on any atom is -0.539 e. The molecule has 0 fully saturated rings. The van der Waals surface area contributed by atoms with E-state index in [1.807, 2.05) is 54.2 Å². The van der Waals surface area contributed by atoms with Crippen LogP contribution in [0.3, 0.4) is 0 Å². The molecule has 2 heterocycles. The van der Waals surface area contributed by atoms with Gasteiger partial charge in [-0.3, -0.25) is 0 Å². The maximum absolute atomic E-state index is 15.3. The average molecular weight is 666 g/mol. The molecule has 6 rings (SSSR count). The Labute approximate surface area is 280 Å². The summed E-state index contributed by atoms with van der Waals surface area (Å²) in [5.74, 6) is 1.97. The molecule has 0 bridgehead atoms. The number of imidazole rings is 1. The first-order valence-corrected chi connectivity index (χ1v) is 16.2. The Kier molecular flexibility index (Phi) is 9.42. The van der Waals surface area contributed by atoms with Crippen LogP contribution < -0.4 is 19.2 Å². The second kappa shape index (κ2) is 13.8. The normalized spacial score (nSPS) is 11.6. The summed E-state index contributed by atoms with van der Waals surface area (Å²) in [7, 11) is 3.45.